The number of hydrogen-bond acceptors (Lipinski definition) is 5. The second kappa shape index (κ2) is 8.93. The zero-order valence-electron chi connectivity index (χ0n) is 16.0. The van der Waals surface area contributed by atoms with Crippen LogP contribution in [0.5, 0.6) is 5.75 Å². The molecule has 0 unspecified atom stereocenters. The first-order valence-electron chi connectivity index (χ1n) is 9.98. The summed E-state index contributed by atoms with van der Waals surface area (Å²) in [5.74, 6) is 0.614. The Morgan fingerprint density at radius 3 is 2.46 bits per heavy atom. The summed E-state index contributed by atoms with van der Waals surface area (Å²) in [6, 6.07) is 19.5. The fourth-order valence-electron chi connectivity index (χ4n) is 3.69. The third kappa shape index (κ3) is 4.54. The number of rotatable bonds is 7. The molecule has 28 heavy (non-hydrogen) atoms. The van der Waals surface area contributed by atoms with Gasteiger partial charge in [0.2, 0.25) is 0 Å². The van der Waals surface area contributed by atoms with Crippen molar-refractivity contribution in [2.45, 2.75) is 12.8 Å². The summed E-state index contributed by atoms with van der Waals surface area (Å²) >= 11 is 0. The molecule has 0 radical (unpaired) electrons. The Labute approximate surface area is 165 Å². The Morgan fingerprint density at radius 2 is 1.64 bits per heavy atom. The maximum absolute atomic E-state index is 11.7. The largest absolute Gasteiger partial charge is 0.493 e. The molecule has 5 nitrogen and oxygen atoms in total. The van der Waals surface area contributed by atoms with Gasteiger partial charge in [-0.25, -0.2) is 4.79 Å². The van der Waals surface area contributed by atoms with Gasteiger partial charge in [-0.1, -0.05) is 30.3 Å². The lowest BCUT2D eigenvalue weighted by Gasteiger charge is -2.36. The van der Waals surface area contributed by atoms with Gasteiger partial charge in [0.25, 0.3) is 0 Å². The SMILES string of the molecule is O=c1cc(OCCCCN2CCN(c3ccccc3)CC2)c2ccccc2o1. The summed E-state index contributed by atoms with van der Waals surface area (Å²) in [5, 5.41) is 0.846. The Morgan fingerprint density at radius 1 is 0.893 bits per heavy atom. The van der Waals surface area contributed by atoms with Crippen LogP contribution in [-0.4, -0.2) is 44.2 Å². The molecule has 1 aromatic heterocycles. The zero-order valence-corrected chi connectivity index (χ0v) is 16.0. The number of hydrogen-bond donors (Lipinski definition) is 0. The van der Waals surface area contributed by atoms with Crippen LogP contribution in [0.15, 0.2) is 69.9 Å². The molecule has 1 saturated heterocycles. The minimum absolute atomic E-state index is 0.370. The maximum atomic E-state index is 11.7. The molecule has 2 aromatic carbocycles. The Kier molecular flexibility index (Phi) is 5.92. The van der Waals surface area contributed by atoms with E-state index in [1.165, 1.54) is 11.8 Å². The van der Waals surface area contributed by atoms with Gasteiger partial charge in [-0.3, -0.25) is 4.90 Å². The lowest BCUT2D eigenvalue weighted by molar-refractivity contribution is 0.239. The van der Waals surface area contributed by atoms with E-state index in [9.17, 15) is 4.79 Å². The zero-order chi connectivity index (χ0) is 19.2. The smallest absolute Gasteiger partial charge is 0.339 e. The molecule has 0 spiro atoms. The molecule has 146 valence electrons. The third-order valence-electron chi connectivity index (χ3n) is 5.23. The molecule has 3 aromatic rings. The van der Waals surface area contributed by atoms with E-state index in [4.69, 9.17) is 9.15 Å². The summed E-state index contributed by atoms with van der Waals surface area (Å²) in [6.45, 7) is 6.04. The molecular formula is C23H26N2O3. The van der Waals surface area contributed by atoms with Gasteiger partial charge in [-0.15, -0.1) is 0 Å². The molecule has 0 saturated carbocycles. The molecule has 1 fully saturated rings. The number of piperazine rings is 1. The van der Waals surface area contributed by atoms with Crippen LogP contribution in [0.4, 0.5) is 5.69 Å². The lowest BCUT2D eigenvalue weighted by atomic mass is 10.2. The monoisotopic (exact) mass is 378 g/mol. The first-order chi connectivity index (χ1) is 13.8. The number of benzene rings is 2. The Hall–Kier alpha value is -2.79. The van der Waals surface area contributed by atoms with Crippen molar-refractivity contribution in [1.82, 2.24) is 4.90 Å². The number of nitrogens with zero attached hydrogens (tertiary/aromatic N) is 2. The summed E-state index contributed by atoms with van der Waals surface area (Å²) in [6.07, 6.45) is 2.05. The quantitative estimate of drug-likeness (QED) is 0.463. The maximum Gasteiger partial charge on any atom is 0.339 e. The first-order valence-corrected chi connectivity index (χ1v) is 9.98. The van der Waals surface area contributed by atoms with E-state index in [0.717, 1.165) is 51.0 Å². The van der Waals surface area contributed by atoms with Gasteiger partial charge >= 0.3 is 5.63 Å². The molecule has 0 amide bonds. The molecule has 0 N–H and O–H groups in total. The van der Waals surface area contributed by atoms with Gasteiger partial charge < -0.3 is 14.1 Å². The van der Waals surface area contributed by atoms with Gasteiger partial charge in [0, 0.05) is 31.9 Å². The Balaban J connectivity index is 1.20. The van der Waals surface area contributed by atoms with E-state index in [-0.39, 0.29) is 5.63 Å². The molecule has 5 heteroatoms. The van der Waals surface area contributed by atoms with Crippen molar-refractivity contribution in [2.75, 3.05) is 44.2 Å². The Bertz CT molecular complexity index is 947. The minimum Gasteiger partial charge on any atom is -0.493 e. The highest BCUT2D eigenvalue weighted by Crippen LogP contribution is 2.23. The number of fused-ring (bicyclic) bond motifs is 1. The van der Waals surface area contributed by atoms with Crippen LogP contribution < -0.4 is 15.3 Å². The second-order valence-corrected chi connectivity index (χ2v) is 7.15. The number of para-hydroxylation sites is 2. The molecule has 1 aliphatic heterocycles. The lowest BCUT2D eigenvalue weighted by Crippen LogP contribution is -2.46. The van der Waals surface area contributed by atoms with Crippen LogP contribution in [0.3, 0.4) is 0 Å². The fourth-order valence-corrected chi connectivity index (χ4v) is 3.69. The van der Waals surface area contributed by atoms with Crippen LogP contribution in [0.2, 0.25) is 0 Å². The van der Waals surface area contributed by atoms with Crippen molar-refractivity contribution < 1.29 is 9.15 Å². The molecule has 0 atom stereocenters. The average molecular weight is 378 g/mol. The van der Waals surface area contributed by atoms with Crippen molar-refractivity contribution in [2.24, 2.45) is 0 Å². The van der Waals surface area contributed by atoms with Crippen LogP contribution in [0.25, 0.3) is 11.0 Å². The summed E-state index contributed by atoms with van der Waals surface area (Å²) in [7, 11) is 0. The highest BCUT2D eigenvalue weighted by Gasteiger charge is 2.16. The second-order valence-electron chi connectivity index (χ2n) is 7.15. The predicted octanol–water partition coefficient (Wildman–Crippen LogP) is 3.77. The highest BCUT2D eigenvalue weighted by molar-refractivity contribution is 5.82. The van der Waals surface area contributed by atoms with E-state index in [1.807, 2.05) is 18.2 Å². The van der Waals surface area contributed by atoms with Crippen molar-refractivity contribution in [1.29, 1.82) is 0 Å². The minimum atomic E-state index is -0.370. The molecule has 1 aliphatic rings. The topological polar surface area (TPSA) is 45.9 Å². The summed E-state index contributed by atoms with van der Waals surface area (Å²) < 4.78 is 11.1. The molecule has 0 aliphatic carbocycles. The van der Waals surface area contributed by atoms with E-state index in [0.29, 0.717) is 17.9 Å². The van der Waals surface area contributed by atoms with E-state index in [2.05, 4.69) is 40.1 Å². The molecule has 0 bridgehead atoms. The molecule has 4 rings (SSSR count). The van der Waals surface area contributed by atoms with Crippen LogP contribution in [0, 0.1) is 0 Å². The number of anilines is 1. The normalized spacial score (nSPS) is 15.1. The van der Waals surface area contributed by atoms with Crippen molar-refractivity contribution in [3.05, 3.63) is 71.1 Å². The first kappa shape index (κ1) is 18.6. The highest BCUT2D eigenvalue weighted by atomic mass is 16.5. The van der Waals surface area contributed by atoms with E-state index >= 15 is 0 Å². The van der Waals surface area contributed by atoms with Crippen LogP contribution in [0.1, 0.15) is 12.8 Å². The van der Waals surface area contributed by atoms with Crippen molar-refractivity contribution >= 4 is 16.7 Å². The standard InChI is InChI=1S/C23H26N2O3/c26-23-18-22(20-10-4-5-11-21(20)28-23)27-17-7-6-12-24-13-15-25(16-14-24)19-8-2-1-3-9-19/h1-5,8-11,18H,6-7,12-17H2. The average Bonchev–Trinajstić information content (AvgIpc) is 2.74. The van der Waals surface area contributed by atoms with Gasteiger partial charge in [0.15, 0.2) is 0 Å². The molecule has 2 heterocycles. The van der Waals surface area contributed by atoms with E-state index in [1.54, 1.807) is 6.07 Å². The third-order valence-corrected chi connectivity index (χ3v) is 5.23. The summed E-state index contributed by atoms with van der Waals surface area (Å²) in [5.41, 5.74) is 1.52. The van der Waals surface area contributed by atoms with Crippen molar-refractivity contribution in [3.63, 3.8) is 0 Å². The number of unbranched alkanes of at least 4 members (excludes halogenated alkanes) is 1. The predicted molar refractivity (Wildman–Crippen MR) is 112 cm³/mol. The summed E-state index contributed by atoms with van der Waals surface area (Å²) in [4.78, 5) is 16.6. The van der Waals surface area contributed by atoms with E-state index < -0.39 is 0 Å². The fraction of sp³-hybridized carbons (Fsp3) is 0.348. The van der Waals surface area contributed by atoms with Crippen LogP contribution in [-0.2, 0) is 0 Å². The van der Waals surface area contributed by atoms with Crippen molar-refractivity contribution in [3.8, 4) is 5.75 Å². The van der Waals surface area contributed by atoms with Gasteiger partial charge in [0.1, 0.15) is 11.3 Å². The van der Waals surface area contributed by atoms with Gasteiger partial charge in [-0.05, 0) is 43.7 Å². The number of ether oxygens (including phenoxy) is 1. The van der Waals surface area contributed by atoms with Gasteiger partial charge in [-0.2, -0.15) is 0 Å². The van der Waals surface area contributed by atoms with Crippen LogP contribution >= 0.6 is 0 Å². The molecular weight excluding hydrogens is 352 g/mol. The van der Waals surface area contributed by atoms with Gasteiger partial charge in [0.05, 0.1) is 18.1 Å².